The lowest BCUT2D eigenvalue weighted by Gasteiger charge is -2.23. The van der Waals surface area contributed by atoms with Crippen molar-refractivity contribution < 1.29 is 19.1 Å². The molecule has 0 radical (unpaired) electrons. The van der Waals surface area contributed by atoms with Crippen LogP contribution in [0.1, 0.15) is 168 Å². The molecule has 0 bridgehead atoms. The first kappa shape index (κ1) is 40.4. The Bertz CT molecular complexity index is 618. The molecular weight excluding hydrogens is 556 g/mol. The van der Waals surface area contributed by atoms with Crippen LogP contribution in [0.15, 0.2) is 0 Å². The Labute approximate surface area is 271 Å². The number of nitrogens with zero attached hydrogens (tertiary/aromatic N) is 1. The van der Waals surface area contributed by atoms with Gasteiger partial charge in [0.1, 0.15) is 12.4 Å². The summed E-state index contributed by atoms with van der Waals surface area (Å²) in [6.45, 7) is 9.88. The van der Waals surface area contributed by atoms with Crippen molar-refractivity contribution >= 4 is 24.2 Å². The number of rotatable bonds is 32. The van der Waals surface area contributed by atoms with Crippen molar-refractivity contribution in [2.75, 3.05) is 38.5 Å². The van der Waals surface area contributed by atoms with Crippen LogP contribution in [-0.4, -0.2) is 67.9 Å². The van der Waals surface area contributed by atoms with Crippen LogP contribution >= 0.6 is 11.9 Å². The van der Waals surface area contributed by atoms with Gasteiger partial charge in [-0.3, -0.25) is 9.52 Å². The van der Waals surface area contributed by atoms with Crippen LogP contribution in [-0.2, 0) is 19.1 Å². The molecule has 1 aliphatic rings. The predicted molar refractivity (Wildman–Crippen MR) is 185 cm³/mol. The Morgan fingerprint density at radius 1 is 0.860 bits per heavy atom. The van der Waals surface area contributed by atoms with E-state index in [2.05, 4.69) is 23.5 Å². The average molecular weight is 627 g/mol. The van der Waals surface area contributed by atoms with Crippen molar-refractivity contribution in [1.82, 2.24) is 9.62 Å². The van der Waals surface area contributed by atoms with Gasteiger partial charge in [0, 0.05) is 31.7 Å². The zero-order valence-corrected chi connectivity index (χ0v) is 29.3. The highest BCUT2D eigenvalue weighted by molar-refractivity contribution is 7.97. The predicted octanol–water partition coefficient (Wildman–Crippen LogP) is 9.44. The molecule has 0 saturated carbocycles. The van der Waals surface area contributed by atoms with Crippen molar-refractivity contribution in [1.29, 1.82) is 0 Å². The van der Waals surface area contributed by atoms with E-state index in [1.165, 1.54) is 122 Å². The van der Waals surface area contributed by atoms with Crippen LogP contribution in [0, 0.1) is 0 Å². The third-order valence-corrected chi connectivity index (χ3v) is 9.63. The maximum Gasteiger partial charge on any atom is 0.306 e. The van der Waals surface area contributed by atoms with Gasteiger partial charge in [0.05, 0.1) is 6.10 Å². The van der Waals surface area contributed by atoms with Crippen molar-refractivity contribution in [3.05, 3.63) is 0 Å². The van der Waals surface area contributed by atoms with Gasteiger partial charge in [-0.25, -0.2) is 0 Å². The smallest absolute Gasteiger partial charge is 0.306 e. The van der Waals surface area contributed by atoms with Gasteiger partial charge in [-0.15, -0.1) is 0 Å². The molecule has 1 rings (SSSR count). The van der Waals surface area contributed by atoms with Crippen LogP contribution < -0.4 is 4.72 Å². The first-order chi connectivity index (χ1) is 21.2. The lowest BCUT2D eigenvalue weighted by Crippen LogP contribution is -2.29. The molecule has 0 spiro atoms. The molecule has 0 aromatic carbocycles. The standard InChI is InChI=1S/C36H70N2O4S/c1-3-5-6-7-11-16-24-34(4-2)42-36(40)26-17-12-10-14-20-29-38(28-19-13-8-9-15-21-31-39)30-23-27-37-43-33-35-25-18-22-32-41-35/h31,34-35,37H,3-30,32-33H2,1-2H3. The topological polar surface area (TPSA) is 67.9 Å². The van der Waals surface area contributed by atoms with E-state index in [-0.39, 0.29) is 12.1 Å². The highest BCUT2D eigenvalue weighted by atomic mass is 32.2. The van der Waals surface area contributed by atoms with Gasteiger partial charge in [-0.2, -0.15) is 0 Å². The average Bonchev–Trinajstić information content (AvgIpc) is 3.02. The zero-order valence-electron chi connectivity index (χ0n) is 28.4. The number of carbonyl (C=O) groups is 2. The molecule has 254 valence electrons. The number of ether oxygens (including phenoxy) is 2. The van der Waals surface area contributed by atoms with Crippen molar-refractivity contribution in [2.24, 2.45) is 0 Å². The molecule has 1 heterocycles. The molecule has 0 aliphatic carbocycles. The fourth-order valence-corrected chi connectivity index (χ4v) is 6.70. The molecular formula is C36H70N2O4S. The van der Waals surface area contributed by atoms with Gasteiger partial charge in [0.15, 0.2) is 0 Å². The van der Waals surface area contributed by atoms with E-state index in [9.17, 15) is 9.59 Å². The van der Waals surface area contributed by atoms with Gasteiger partial charge in [0.25, 0.3) is 0 Å². The SMILES string of the molecule is CCCCCCCCC(CC)OC(=O)CCCCCCCN(CCCCCCCC=O)CCCNSCC1CCCCO1. The van der Waals surface area contributed by atoms with Crippen LogP contribution in [0.4, 0.5) is 0 Å². The van der Waals surface area contributed by atoms with Gasteiger partial charge >= 0.3 is 5.97 Å². The molecule has 0 aromatic heterocycles. The van der Waals surface area contributed by atoms with Crippen molar-refractivity contribution in [2.45, 2.75) is 180 Å². The fraction of sp³-hybridized carbons (Fsp3) is 0.944. The van der Waals surface area contributed by atoms with E-state index in [1.54, 1.807) is 0 Å². The molecule has 0 aromatic rings. The maximum atomic E-state index is 12.4. The van der Waals surface area contributed by atoms with Crippen LogP contribution in [0.3, 0.4) is 0 Å². The number of hydrogen-bond acceptors (Lipinski definition) is 7. The Morgan fingerprint density at radius 3 is 2.19 bits per heavy atom. The lowest BCUT2D eigenvalue weighted by atomic mass is 10.1. The van der Waals surface area contributed by atoms with E-state index in [4.69, 9.17) is 9.47 Å². The number of hydrogen-bond donors (Lipinski definition) is 1. The second-order valence-electron chi connectivity index (χ2n) is 12.7. The molecule has 7 heteroatoms. The van der Waals surface area contributed by atoms with Crippen LogP contribution in [0.5, 0.6) is 0 Å². The highest BCUT2D eigenvalue weighted by Crippen LogP contribution is 2.17. The fourth-order valence-electron chi connectivity index (χ4n) is 5.85. The largest absolute Gasteiger partial charge is 0.462 e. The minimum atomic E-state index is 0.00760. The van der Waals surface area contributed by atoms with E-state index in [0.717, 1.165) is 63.8 Å². The summed E-state index contributed by atoms with van der Waals surface area (Å²) in [6, 6.07) is 0. The Balaban J connectivity index is 2.14. The molecule has 43 heavy (non-hydrogen) atoms. The summed E-state index contributed by atoms with van der Waals surface area (Å²) < 4.78 is 15.2. The summed E-state index contributed by atoms with van der Waals surface area (Å²) in [7, 11) is 0. The summed E-state index contributed by atoms with van der Waals surface area (Å²) in [6.07, 6.45) is 29.2. The molecule has 1 saturated heterocycles. The monoisotopic (exact) mass is 627 g/mol. The van der Waals surface area contributed by atoms with E-state index in [1.807, 2.05) is 11.9 Å². The quantitative estimate of drug-likeness (QED) is 0.0345. The van der Waals surface area contributed by atoms with Gasteiger partial charge < -0.3 is 19.2 Å². The van der Waals surface area contributed by atoms with Gasteiger partial charge in [0.2, 0.25) is 0 Å². The molecule has 2 unspecified atom stereocenters. The Morgan fingerprint density at radius 2 is 1.51 bits per heavy atom. The number of unbranched alkanes of at least 4 members (excludes halogenated alkanes) is 14. The molecule has 2 atom stereocenters. The molecule has 1 fully saturated rings. The summed E-state index contributed by atoms with van der Waals surface area (Å²) in [4.78, 5) is 25.5. The third-order valence-electron chi connectivity index (χ3n) is 8.68. The van der Waals surface area contributed by atoms with Crippen LogP contribution in [0.25, 0.3) is 0 Å². The summed E-state index contributed by atoms with van der Waals surface area (Å²) >= 11 is 1.83. The van der Waals surface area contributed by atoms with Crippen molar-refractivity contribution in [3.63, 3.8) is 0 Å². The van der Waals surface area contributed by atoms with E-state index < -0.39 is 0 Å². The number of aldehydes is 1. The minimum Gasteiger partial charge on any atom is -0.462 e. The normalized spacial score (nSPS) is 16.0. The third kappa shape index (κ3) is 26.3. The highest BCUT2D eigenvalue weighted by Gasteiger charge is 2.14. The summed E-state index contributed by atoms with van der Waals surface area (Å²) in [5, 5.41) is 0. The summed E-state index contributed by atoms with van der Waals surface area (Å²) in [5.74, 6) is 1.07. The number of nitrogens with one attached hydrogen (secondary N) is 1. The first-order valence-corrected chi connectivity index (χ1v) is 19.5. The molecule has 1 N–H and O–H groups in total. The van der Waals surface area contributed by atoms with E-state index in [0.29, 0.717) is 18.9 Å². The maximum absolute atomic E-state index is 12.4. The second kappa shape index (κ2) is 31.4. The van der Waals surface area contributed by atoms with E-state index >= 15 is 0 Å². The lowest BCUT2D eigenvalue weighted by molar-refractivity contribution is -0.149. The van der Waals surface area contributed by atoms with Gasteiger partial charge in [-0.1, -0.05) is 96.4 Å². The second-order valence-corrected chi connectivity index (χ2v) is 13.6. The number of carbonyl (C=O) groups excluding carboxylic acids is 2. The van der Waals surface area contributed by atoms with Crippen molar-refractivity contribution in [3.8, 4) is 0 Å². The molecule has 6 nitrogen and oxygen atoms in total. The molecule has 1 aliphatic heterocycles. The first-order valence-electron chi connectivity index (χ1n) is 18.5. The molecule has 0 amide bonds. The minimum absolute atomic E-state index is 0.00760. The van der Waals surface area contributed by atoms with Crippen LogP contribution in [0.2, 0.25) is 0 Å². The Hall–Kier alpha value is -0.630. The summed E-state index contributed by atoms with van der Waals surface area (Å²) in [5.41, 5.74) is 0. The van der Waals surface area contributed by atoms with Gasteiger partial charge in [-0.05, 0) is 90.3 Å². The number of esters is 1. The zero-order chi connectivity index (χ0) is 31.1. The Kier molecular flexibility index (Phi) is 29.5.